The van der Waals surface area contributed by atoms with Crippen molar-refractivity contribution in [2.75, 3.05) is 6.61 Å². The predicted molar refractivity (Wildman–Crippen MR) is 147 cm³/mol. The van der Waals surface area contributed by atoms with Gasteiger partial charge in [0, 0.05) is 0 Å². The van der Waals surface area contributed by atoms with Gasteiger partial charge in [0.25, 0.3) is 0 Å². The molecule has 1 atom stereocenters. The minimum Gasteiger partial charge on any atom is -0.465 e. The topological polar surface area (TPSA) is 26.3 Å². The number of esters is 1. The van der Waals surface area contributed by atoms with E-state index >= 15 is 0 Å². The molecule has 0 saturated heterocycles. The highest BCUT2D eigenvalue weighted by atomic mass is 16.5. The lowest BCUT2D eigenvalue weighted by Gasteiger charge is -2.27. The first-order valence-corrected chi connectivity index (χ1v) is 15.3. The van der Waals surface area contributed by atoms with E-state index in [1.165, 1.54) is 122 Å². The van der Waals surface area contributed by atoms with Crippen LogP contribution < -0.4 is 0 Å². The number of hydrogen-bond acceptors (Lipinski definition) is 2. The quantitative estimate of drug-likeness (QED) is 0.0935. The van der Waals surface area contributed by atoms with Gasteiger partial charge in [-0.1, -0.05) is 156 Å². The summed E-state index contributed by atoms with van der Waals surface area (Å²) >= 11 is 0. The summed E-state index contributed by atoms with van der Waals surface area (Å²) < 4.78 is 5.78. The highest BCUT2D eigenvalue weighted by molar-refractivity contribution is 5.76. The summed E-state index contributed by atoms with van der Waals surface area (Å²) in [7, 11) is 0. The normalized spacial score (nSPS) is 13.2. The maximum Gasteiger partial charge on any atom is 0.311 e. The van der Waals surface area contributed by atoms with Gasteiger partial charge in [-0.2, -0.15) is 0 Å². The summed E-state index contributed by atoms with van der Waals surface area (Å²) in [6.07, 6.45) is 30.9. The zero-order valence-corrected chi connectivity index (χ0v) is 23.5. The Morgan fingerprint density at radius 2 is 0.818 bits per heavy atom. The molecule has 0 aliphatic rings. The highest BCUT2D eigenvalue weighted by Crippen LogP contribution is 2.32. The van der Waals surface area contributed by atoms with Gasteiger partial charge in [-0.25, -0.2) is 0 Å². The van der Waals surface area contributed by atoms with Gasteiger partial charge >= 0.3 is 5.97 Å². The molecule has 0 aromatic rings. The summed E-state index contributed by atoms with van der Waals surface area (Å²) in [5, 5.41) is 0. The number of ether oxygens (including phenoxy) is 1. The molecule has 0 bridgehead atoms. The summed E-state index contributed by atoms with van der Waals surface area (Å²) in [4.78, 5) is 12.9. The maximum absolute atomic E-state index is 12.9. The lowest BCUT2D eigenvalue weighted by Crippen LogP contribution is -2.30. The zero-order chi connectivity index (χ0) is 24.5. The number of carbonyl (C=O) groups is 1. The lowest BCUT2D eigenvalue weighted by molar-refractivity contribution is -0.156. The smallest absolute Gasteiger partial charge is 0.311 e. The molecule has 0 rings (SSSR count). The van der Waals surface area contributed by atoms with Crippen LogP contribution in [-0.4, -0.2) is 12.6 Å². The van der Waals surface area contributed by atoms with Crippen molar-refractivity contribution in [3.8, 4) is 0 Å². The van der Waals surface area contributed by atoms with E-state index in [0.29, 0.717) is 6.61 Å². The van der Waals surface area contributed by atoms with Gasteiger partial charge in [-0.3, -0.25) is 4.79 Å². The second-order valence-electron chi connectivity index (χ2n) is 10.9. The lowest BCUT2D eigenvalue weighted by atomic mass is 9.80. The molecule has 0 aromatic carbocycles. The fourth-order valence-corrected chi connectivity index (χ4v) is 4.83. The van der Waals surface area contributed by atoms with Crippen LogP contribution in [-0.2, 0) is 9.53 Å². The molecule has 0 radical (unpaired) electrons. The van der Waals surface area contributed by atoms with Crippen LogP contribution in [0, 0.1) is 5.41 Å². The van der Waals surface area contributed by atoms with E-state index in [-0.39, 0.29) is 11.4 Å². The maximum atomic E-state index is 12.9. The van der Waals surface area contributed by atoms with Crippen LogP contribution in [0.15, 0.2) is 0 Å². The summed E-state index contributed by atoms with van der Waals surface area (Å²) in [6, 6.07) is 0. The molecule has 0 saturated carbocycles. The van der Waals surface area contributed by atoms with Crippen molar-refractivity contribution in [2.24, 2.45) is 5.41 Å². The van der Waals surface area contributed by atoms with Gasteiger partial charge < -0.3 is 4.74 Å². The van der Waals surface area contributed by atoms with Crippen LogP contribution in [0.5, 0.6) is 0 Å². The third kappa shape index (κ3) is 20.5. The first-order valence-electron chi connectivity index (χ1n) is 15.3. The van der Waals surface area contributed by atoms with Crippen molar-refractivity contribution < 1.29 is 9.53 Å². The molecule has 2 heteroatoms. The van der Waals surface area contributed by atoms with Crippen LogP contribution >= 0.6 is 0 Å². The van der Waals surface area contributed by atoms with E-state index in [1.54, 1.807) is 0 Å². The Hall–Kier alpha value is -0.530. The van der Waals surface area contributed by atoms with E-state index in [4.69, 9.17) is 4.74 Å². The molecule has 0 N–H and O–H groups in total. The molecule has 0 aliphatic heterocycles. The molecule has 0 heterocycles. The van der Waals surface area contributed by atoms with Crippen molar-refractivity contribution in [1.29, 1.82) is 0 Å². The third-order valence-electron chi connectivity index (χ3n) is 7.39. The minimum absolute atomic E-state index is 0.0713. The number of hydrogen-bond donors (Lipinski definition) is 0. The van der Waals surface area contributed by atoms with Crippen LogP contribution in [0.4, 0.5) is 0 Å². The van der Waals surface area contributed by atoms with Gasteiger partial charge in [0.2, 0.25) is 0 Å². The van der Waals surface area contributed by atoms with Crippen molar-refractivity contribution >= 4 is 5.97 Å². The molecule has 1 unspecified atom stereocenters. The second-order valence-corrected chi connectivity index (χ2v) is 10.9. The van der Waals surface area contributed by atoms with Crippen LogP contribution in [0.2, 0.25) is 0 Å². The Balaban J connectivity index is 3.84. The zero-order valence-electron chi connectivity index (χ0n) is 23.5. The van der Waals surface area contributed by atoms with Gasteiger partial charge in [0.15, 0.2) is 0 Å². The molecule has 0 aromatic heterocycles. The first-order chi connectivity index (χ1) is 16.1. The number of rotatable bonds is 26. The highest BCUT2D eigenvalue weighted by Gasteiger charge is 2.33. The minimum atomic E-state index is -0.269. The predicted octanol–water partition coefficient (Wildman–Crippen LogP) is 11.0. The van der Waals surface area contributed by atoms with E-state index < -0.39 is 0 Å². The average molecular weight is 467 g/mol. The van der Waals surface area contributed by atoms with Crippen LogP contribution in [0.1, 0.15) is 182 Å². The molecule has 0 aliphatic carbocycles. The second kappa shape index (κ2) is 24.6. The van der Waals surface area contributed by atoms with Crippen LogP contribution in [0.25, 0.3) is 0 Å². The fraction of sp³-hybridized carbons (Fsp3) is 0.968. The van der Waals surface area contributed by atoms with E-state index in [9.17, 15) is 4.79 Å². The average Bonchev–Trinajstić information content (AvgIpc) is 2.82. The molecule has 198 valence electrons. The van der Waals surface area contributed by atoms with Gasteiger partial charge in [-0.05, 0) is 26.2 Å². The third-order valence-corrected chi connectivity index (χ3v) is 7.39. The molecule has 0 fully saturated rings. The Kier molecular flexibility index (Phi) is 24.2. The van der Waals surface area contributed by atoms with Crippen molar-refractivity contribution in [3.63, 3.8) is 0 Å². The largest absolute Gasteiger partial charge is 0.465 e. The van der Waals surface area contributed by atoms with Crippen molar-refractivity contribution in [2.45, 2.75) is 182 Å². The van der Waals surface area contributed by atoms with Crippen molar-refractivity contribution in [1.82, 2.24) is 0 Å². The Morgan fingerprint density at radius 3 is 1.24 bits per heavy atom. The van der Waals surface area contributed by atoms with Crippen LogP contribution in [0.3, 0.4) is 0 Å². The Bertz CT molecular complexity index is 406. The fourth-order valence-electron chi connectivity index (χ4n) is 4.83. The van der Waals surface area contributed by atoms with Gasteiger partial charge in [0.05, 0.1) is 12.0 Å². The van der Waals surface area contributed by atoms with E-state index in [0.717, 1.165) is 32.1 Å². The molecule has 0 amide bonds. The van der Waals surface area contributed by atoms with E-state index in [2.05, 4.69) is 27.7 Å². The summed E-state index contributed by atoms with van der Waals surface area (Å²) in [5.74, 6) is 0.0713. The van der Waals surface area contributed by atoms with Gasteiger partial charge in [0.1, 0.15) is 0 Å². The molecular formula is C31H62O2. The Morgan fingerprint density at radius 1 is 0.485 bits per heavy atom. The van der Waals surface area contributed by atoms with Crippen molar-refractivity contribution in [3.05, 3.63) is 0 Å². The Labute approximate surface area is 209 Å². The molecule has 2 nitrogen and oxygen atoms in total. The number of unbranched alkanes of at least 4 members (excludes halogenated alkanes) is 19. The monoisotopic (exact) mass is 466 g/mol. The summed E-state index contributed by atoms with van der Waals surface area (Å²) in [5.41, 5.74) is -0.269. The molecule has 33 heavy (non-hydrogen) atoms. The molecular weight excluding hydrogens is 404 g/mol. The van der Waals surface area contributed by atoms with Gasteiger partial charge in [-0.15, -0.1) is 0 Å². The first kappa shape index (κ1) is 32.5. The van der Waals surface area contributed by atoms with E-state index in [1.807, 2.05) is 0 Å². The number of carbonyl (C=O) groups excluding carboxylic acids is 1. The molecule has 0 spiro atoms. The standard InChI is InChI=1S/C31H62O2/c1-5-8-11-13-15-17-18-19-20-22-24-26-29-33-30(32)31(4,27-10-7-3)28-25-23-21-16-14-12-9-6-2/h5-29H2,1-4H3. The summed E-state index contributed by atoms with van der Waals surface area (Å²) in [6.45, 7) is 9.55. The SMILES string of the molecule is CCCCCCCCCCCCCCOC(=O)C(C)(CCCC)CCCCCCCCCC.